The molecule has 0 radical (unpaired) electrons. The lowest BCUT2D eigenvalue weighted by molar-refractivity contribution is 0.0455. The van der Waals surface area contributed by atoms with Gasteiger partial charge in [-0.15, -0.1) is 0 Å². The number of hydrogen-bond acceptors (Lipinski definition) is 5. The molecule has 106 valence electrons. The molecule has 0 amide bonds. The minimum atomic E-state index is 0.270. The summed E-state index contributed by atoms with van der Waals surface area (Å²) in [4.78, 5) is 0. The largest absolute Gasteiger partial charge is 0.497 e. The highest BCUT2D eigenvalue weighted by atomic mass is 32.2. The number of ether oxygens (including phenoxy) is 3. The van der Waals surface area contributed by atoms with Gasteiger partial charge in [0.25, 0.3) is 0 Å². The minimum absolute atomic E-state index is 0.270. The summed E-state index contributed by atoms with van der Waals surface area (Å²) >= 11 is 1.95. The molecule has 1 aliphatic heterocycles. The number of nitrogens with one attached hydrogen (secondary N) is 1. The number of rotatable bonds is 7. The zero-order valence-corrected chi connectivity index (χ0v) is 12.5. The average molecular weight is 283 g/mol. The van der Waals surface area contributed by atoms with Crippen molar-refractivity contribution in [2.75, 3.05) is 40.2 Å². The zero-order valence-electron chi connectivity index (χ0n) is 11.6. The Labute approximate surface area is 118 Å². The van der Waals surface area contributed by atoms with Crippen molar-refractivity contribution in [3.8, 4) is 11.5 Å². The van der Waals surface area contributed by atoms with Crippen LogP contribution in [0.1, 0.15) is 11.6 Å². The van der Waals surface area contributed by atoms with Crippen LogP contribution in [0.5, 0.6) is 11.5 Å². The second-order valence-corrected chi connectivity index (χ2v) is 5.78. The van der Waals surface area contributed by atoms with Gasteiger partial charge in [0.1, 0.15) is 11.5 Å². The van der Waals surface area contributed by atoms with Crippen LogP contribution in [0, 0.1) is 0 Å². The van der Waals surface area contributed by atoms with Crippen LogP contribution in [0.4, 0.5) is 0 Å². The molecule has 19 heavy (non-hydrogen) atoms. The monoisotopic (exact) mass is 283 g/mol. The van der Waals surface area contributed by atoms with E-state index in [1.54, 1.807) is 14.2 Å². The summed E-state index contributed by atoms with van der Waals surface area (Å²) in [6, 6.07) is 6.23. The van der Waals surface area contributed by atoms with E-state index >= 15 is 0 Å². The molecule has 1 aromatic carbocycles. The van der Waals surface area contributed by atoms with Gasteiger partial charge in [-0.3, -0.25) is 0 Å². The van der Waals surface area contributed by atoms with Gasteiger partial charge < -0.3 is 19.5 Å². The number of methoxy groups -OCH3 is 2. The molecule has 0 aromatic heterocycles. The molecule has 1 aliphatic rings. The first-order valence-electron chi connectivity index (χ1n) is 6.37. The molecule has 1 fully saturated rings. The van der Waals surface area contributed by atoms with Crippen LogP contribution in [-0.2, 0) is 4.74 Å². The molecule has 0 saturated carbocycles. The van der Waals surface area contributed by atoms with Crippen molar-refractivity contribution < 1.29 is 14.2 Å². The van der Waals surface area contributed by atoms with Gasteiger partial charge >= 0.3 is 0 Å². The maximum absolute atomic E-state index is 5.46. The van der Waals surface area contributed by atoms with E-state index in [2.05, 4.69) is 11.4 Å². The average Bonchev–Trinajstić information content (AvgIpc) is 2.41. The molecule has 0 aliphatic carbocycles. The maximum Gasteiger partial charge on any atom is 0.127 e. The summed E-state index contributed by atoms with van der Waals surface area (Å²) in [7, 11) is 5.33. The topological polar surface area (TPSA) is 39.7 Å². The Balaban J connectivity index is 2.07. The third kappa shape index (κ3) is 3.55. The van der Waals surface area contributed by atoms with Crippen molar-refractivity contribution in [1.29, 1.82) is 0 Å². The normalized spacial score (nSPS) is 16.8. The van der Waals surface area contributed by atoms with E-state index in [4.69, 9.17) is 14.2 Å². The molecule has 5 heteroatoms. The van der Waals surface area contributed by atoms with Crippen LogP contribution in [0.15, 0.2) is 18.2 Å². The SMILES string of the molecule is CNC(CSC1COC1)c1ccc(OC)cc1OC. The van der Waals surface area contributed by atoms with Gasteiger partial charge in [-0.05, 0) is 13.1 Å². The number of thioether (sulfide) groups is 1. The Morgan fingerprint density at radius 2 is 2.16 bits per heavy atom. The fourth-order valence-electron chi connectivity index (χ4n) is 1.98. The molecule has 1 saturated heterocycles. The van der Waals surface area contributed by atoms with Crippen LogP contribution in [0.2, 0.25) is 0 Å². The molecule has 1 aromatic rings. The quantitative estimate of drug-likeness (QED) is 0.830. The highest BCUT2D eigenvalue weighted by Gasteiger charge is 2.22. The molecule has 1 N–H and O–H groups in total. The van der Waals surface area contributed by atoms with Crippen molar-refractivity contribution in [1.82, 2.24) is 5.32 Å². The number of benzene rings is 1. The van der Waals surface area contributed by atoms with Gasteiger partial charge in [0.15, 0.2) is 0 Å². The van der Waals surface area contributed by atoms with E-state index in [1.807, 2.05) is 30.9 Å². The molecular formula is C14H21NO3S. The molecular weight excluding hydrogens is 262 g/mol. The van der Waals surface area contributed by atoms with Crippen LogP contribution in [0.3, 0.4) is 0 Å². The Hall–Kier alpha value is -0.910. The third-order valence-electron chi connectivity index (χ3n) is 3.27. The van der Waals surface area contributed by atoms with E-state index in [1.165, 1.54) is 5.56 Å². The maximum atomic E-state index is 5.46. The zero-order chi connectivity index (χ0) is 13.7. The van der Waals surface area contributed by atoms with E-state index in [9.17, 15) is 0 Å². The fraction of sp³-hybridized carbons (Fsp3) is 0.571. The summed E-state index contributed by atoms with van der Waals surface area (Å²) in [5.41, 5.74) is 1.17. The minimum Gasteiger partial charge on any atom is -0.497 e. The summed E-state index contributed by atoms with van der Waals surface area (Å²) in [6.07, 6.45) is 0. The number of hydrogen-bond donors (Lipinski definition) is 1. The predicted molar refractivity (Wildman–Crippen MR) is 78.4 cm³/mol. The summed E-state index contributed by atoms with van der Waals surface area (Å²) in [5.74, 6) is 2.69. The predicted octanol–water partition coefficient (Wildman–Crippen LogP) is 2.10. The standard InChI is InChI=1S/C14H21NO3S/c1-15-13(9-19-11-7-18-8-11)12-5-4-10(16-2)6-14(12)17-3/h4-6,11,13,15H,7-9H2,1-3H3. The van der Waals surface area contributed by atoms with Gasteiger partial charge in [-0.1, -0.05) is 6.07 Å². The van der Waals surface area contributed by atoms with Gasteiger partial charge in [0, 0.05) is 23.4 Å². The van der Waals surface area contributed by atoms with Crippen molar-refractivity contribution >= 4 is 11.8 Å². The first-order valence-corrected chi connectivity index (χ1v) is 7.42. The molecule has 0 spiro atoms. The summed E-state index contributed by atoms with van der Waals surface area (Å²) < 4.78 is 15.9. The molecule has 0 bridgehead atoms. The lowest BCUT2D eigenvalue weighted by atomic mass is 10.1. The molecule has 1 unspecified atom stereocenters. The van der Waals surface area contributed by atoms with Crippen LogP contribution in [-0.4, -0.2) is 45.5 Å². The van der Waals surface area contributed by atoms with Gasteiger partial charge in [0.2, 0.25) is 0 Å². The Bertz CT molecular complexity index is 410. The van der Waals surface area contributed by atoms with E-state index < -0.39 is 0 Å². The summed E-state index contributed by atoms with van der Waals surface area (Å²) in [5, 5.41) is 3.99. The van der Waals surface area contributed by atoms with Gasteiger partial charge in [0.05, 0.1) is 32.7 Å². The van der Waals surface area contributed by atoms with Crippen molar-refractivity contribution in [3.63, 3.8) is 0 Å². The highest BCUT2D eigenvalue weighted by molar-refractivity contribution is 8.00. The first-order chi connectivity index (χ1) is 9.28. The molecule has 1 heterocycles. The Kier molecular flexibility index (Phi) is 5.36. The lowest BCUT2D eigenvalue weighted by Gasteiger charge is -2.27. The van der Waals surface area contributed by atoms with E-state index in [-0.39, 0.29) is 6.04 Å². The van der Waals surface area contributed by atoms with Crippen molar-refractivity contribution in [2.45, 2.75) is 11.3 Å². The Morgan fingerprint density at radius 3 is 2.68 bits per heavy atom. The van der Waals surface area contributed by atoms with Crippen molar-refractivity contribution in [3.05, 3.63) is 23.8 Å². The molecule has 4 nitrogen and oxygen atoms in total. The Morgan fingerprint density at radius 1 is 1.37 bits per heavy atom. The van der Waals surface area contributed by atoms with Crippen molar-refractivity contribution in [2.24, 2.45) is 0 Å². The van der Waals surface area contributed by atoms with Crippen LogP contribution in [0.25, 0.3) is 0 Å². The third-order valence-corrected chi connectivity index (χ3v) is 4.54. The molecule has 1 atom stereocenters. The first kappa shape index (κ1) is 14.5. The van der Waals surface area contributed by atoms with E-state index in [0.717, 1.165) is 30.5 Å². The second kappa shape index (κ2) is 7.03. The highest BCUT2D eigenvalue weighted by Crippen LogP contribution is 2.32. The summed E-state index contributed by atoms with van der Waals surface area (Å²) in [6.45, 7) is 1.75. The van der Waals surface area contributed by atoms with Crippen LogP contribution >= 0.6 is 11.8 Å². The van der Waals surface area contributed by atoms with Gasteiger partial charge in [-0.25, -0.2) is 0 Å². The van der Waals surface area contributed by atoms with Crippen LogP contribution < -0.4 is 14.8 Å². The lowest BCUT2D eigenvalue weighted by Crippen LogP contribution is -2.32. The second-order valence-electron chi connectivity index (χ2n) is 4.44. The van der Waals surface area contributed by atoms with E-state index in [0.29, 0.717) is 5.25 Å². The fourth-order valence-corrected chi connectivity index (χ4v) is 3.17. The molecule has 2 rings (SSSR count). The smallest absolute Gasteiger partial charge is 0.127 e. The van der Waals surface area contributed by atoms with Gasteiger partial charge in [-0.2, -0.15) is 11.8 Å².